The lowest BCUT2D eigenvalue weighted by Crippen LogP contribution is -2.38. The monoisotopic (exact) mass is 346 g/mol. The summed E-state index contributed by atoms with van der Waals surface area (Å²) < 4.78 is 4.80. The van der Waals surface area contributed by atoms with Crippen LogP contribution in [0.25, 0.3) is 0 Å². The molecule has 1 aliphatic heterocycles. The molecule has 1 heterocycles. The Morgan fingerprint density at radius 1 is 1.20 bits per heavy atom. The lowest BCUT2D eigenvalue weighted by molar-refractivity contribution is -0.135. The number of hydrogen-bond acceptors (Lipinski definition) is 4. The molecule has 1 atom stereocenters. The molecular formula is C19H26N2O4. The maximum absolute atomic E-state index is 12.8. The van der Waals surface area contributed by atoms with Gasteiger partial charge in [0.2, 0.25) is 11.8 Å². The number of amides is 2. The summed E-state index contributed by atoms with van der Waals surface area (Å²) in [6, 6.07) is 6.84. The van der Waals surface area contributed by atoms with Crippen molar-refractivity contribution < 1.29 is 19.1 Å². The van der Waals surface area contributed by atoms with Gasteiger partial charge in [0.15, 0.2) is 0 Å². The van der Waals surface area contributed by atoms with Crippen LogP contribution >= 0.6 is 0 Å². The fourth-order valence-electron chi connectivity index (χ4n) is 3.23. The highest BCUT2D eigenvalue weighted by molar-refractivity contribution is 6.05. The number of benzene rings is 1. The average Bonchev–Trinajstić information content (AvgIpc) is 3.01. The van der Waals surface area contributed by atoms with Gasteiger partial charge in [-0.1, -0.05) is 26.0 Å². The van der Waals surface area contributed by atoms with Crippen molar-refractivity contribution in [3.8, 4) is 0 Å². The van der Waals surface area contributed by atoms with Gasteiger partial charge < -0.3 is 14.5 Å². The standard InChI is InChI=1S/C19H26N2O4/c1-4-10-20(11-5-2)18(23)14-12-17(22)21(13-14)16-9-7-6-8-15(16)19(24)25-3/h6-9,14H,4-5,10-13H2,1-3H3. The number of hydrogen-bond donors (Lipinski definition) is 0. The number of rotatable bonds is 7. The number of esters is 1. The van der Waals surface area contributed by atoms with E-state index in [1.54, 1.807) is 24.3 Å². The minimum absolute atomic E-state index is 0.0232. The lowest BCUT2D eigenvalue weighted by Gasteiger charge is -2.25. The van der Waals surface area contributed by atoms with Gasteiger partial charge in [-0.15, -0.1) is 0 Å². The molecule has 0 bridgehead atoms. The van der Waals surface area contributed by atoms with Gasteiger partial charge in [0, 0.05) is 26.1 Å². The lowest BCUT2D eigenvalue weighted by atomic mass is 10.1. The van der Waals surface area contributed by atoms with Crippen LogP contribution in [0, 0.1) is 5.92 Å². The second-order valence-corrected chi connectivity index (χ2v) is 6.24. The summed E-state index contributed by atoms with van der Waals surface area (Å²) in [5.41, 5.74) is 0.845. The van der Waals surface area contributed by atoms with Crippen LogP contribution in [0.15, 0.2) is 24.3 Å². The van der Waals surface area contributed by atoms with E-state index in [-0.39, 0.29) is 24.2 Å². The van der Waals surface area contributed by atoms with Gasteiger partial charge in [0.25, 0.3) is 0 Å². The van der Waals surface area contributed by atoms with Crippen LogP contribution in [0.4, 0.5) is 5.69 Å². The Morgan fingerprint density at radius 3 is 2.44 bits per heavy atom. The second-order valence-electron chi connectivity index (χ2n) is 6.24. The number of carbonyl (C=O) groups excluding carboxylic acids is 3. The zero-order valence-electron chi connectivity index (χ0n) is 15.2. The molecule has 1 aliphatic rings. The maximum Gasteiger partial charge on any atom is 0.339 e. The van der Waals surface area contributed by atoms with Crippen LogP contribution in [0.1, 0.15) is 43.5 Å². The Bertz CT molecular complexity index is 638. The normalized spacial score (nSPS) is 16.8. The van der Waals surface area contributed by atoms with E-state index in [0.717, 1.165) is 12.8 Å². The van der Waals surface area contributed by atoms with E-state index in [9.17, 15) is 14.4 Å². The number of para-hydroxylation sites is 1. The third-order valence-corrected chi connectivity index (χ3v) is 4.37. The van der Waals surface area contributed by atoms with Crippen LogP contribution in [0.3, 0.4) is 0 Å². The Kier molecular flexibility index (Phi) is 6.56. The molecule has 0 N–H and O–H groups in total. The van der Waals surface area contributed by atoms with Gasteiger partial charge >= 0.3 is 5.97 Å². The van der Waals surface area contributed by atoms with E-state index in [1.807, 2.05) is 18.7 Å². The predicted molar refractivity (Wildman–Crippen MR) is 95.4 cm³/mol. The Labute approximate surface area is 148 Å². The maximum atomic E-state index is 12.8. The summed E-state index contributed by atoms with van der Waals surface area (Å²) in [6.07, 6.45) is 1.96. The number of nitrogens with zero attached hydrogens (tertiary/aromatic N) is 2. The molecule has 2 amide bonds. The molecule has 6 nitrogen and oxygen atoms in total. The highest BCUT2D eigenvalue weighted by Crippen LogP contribution is 2.29. The zero-order valence-corrected chi connectivity index (χ0v) is 15.2. The highest BCUT2D eigenvalue weighted by atomic mass is 16.5. The smallest absolute Gasteiger partial charge is 0.339 e. The Morgan fingerprint density at radius 2 is 1.84 bits per heavy atom. The zero-order chi connectivity index (χ0) is 18.4. The highest BCUT2D eigenvalue weighted by Gasteiger charge is 2.38. The third-order valence-electron chi connectivity index (χ3n) is 4.37. The van der Waals surface area contributed by atoms with E-state index in [2.05, 4.69) is 0 Å². The molecule has 1 fully saturated rings. The van der Waals surface area contributed by atoms with Crippen molar-refractivity contribution in [1.29, 1.82) is 0 Å². The third kappa shape index (κ3) is 4.18. The van der Waals surface area contributed by atoms with E-state index in [1.165, 1.54) is 12.0 Å². The molecule has 1 unspecified atom stereocenters. The Hall–Kier alpha value is -2.37. The largest absolute Gasteiger partial charge is 0.465 e. The number of carbonyl (C=O) groups is 3. The molecule has 1 saturated heterocycles. The summed E-state index contributed by atoms with van der Waals surface area (Å²) in [4.78, 5) is 40.6. The van der Waals surface area contributed by atoms with Crippen molar-refractivity contribution in [1.82, 2.24) is 4.90 Å². The summed E-state index contributed by atoms with van der Waals surface area (Å²) >= 11 is 0. The first-order valence-corrected chi connectivity index (χ1v) is 8.79. The average molecular weight is 346 g/mol. The molecule has 0 aliphatic carbocycles. The van der Waals surface area contributed by atoms with Gasteiger partial charge in [-0.3, -0.25) is 9.59 Å². The number of methoxy groups -OCH3 is 1. The molecule has 136 valence electrons. The van der Waals surface area contributed by atoms with Gasteiger partial charge in [-0.05, 0) is 25.0 Å². The van der Waals surface area contributed by atoms with Crippen molar-refractivity contribution in [2.45, 2.75) is 33.1 Å². The van der Waals surface area contributed by atoms with Crippen LogP contribution in [-0.4, -0.2) is 49.4 Å². The molecule has 2 rings (SSSR count). The van der Waals surface area contributed by atoms with E-state index in [0.29, 0.717) is 30.9 Å². The van der Waals surface area contributed by atoms with Gasteiger partial charge in [-0.25, -0.2) is 4.79 Å². The van der Waals surface area contributed by atoms with Crippen LogP contribution < -0.4 is 4.90 Å². The Balaban J connectivity index is 2.20. The van der Waals surface area contributed by atoms with Crippen molar-refractivity contribution >= 4 is 23.5 Å². The molecule has 0 radical (unpaired) electrons. The van der Waals surface area contributed by atoms with Crippen molar-refractivity contribution in [3.05, 3.63) is 29.8 Å². The molecule has 25 heavy (non-hydrogen) atoms. The summed E-state index contributed by atoms with van der Waals surface area (Å²) in [6.45, 7) is 5.78. The van der Waals surface area contributed by atoms with E-state index >= 15 is 0 Å². The first kappa shape index (κ1) is 19.0. The van der Waals surface area contributed by atoms with E-state index in [4.69, 9.17) is 4.74 Å². The summed E-state index contributed by atoms with van der Waals surface area (Å²) in [7, 11) is 1.31. The van der Waals surface area contributed by atoms with Crippen molar-refractivity contribution in [2.24, 2.45) is 5.92 Å². The number of anilines is 1. The van der Waals surface area contributed by atoms with Gasteiger partial charge in [0.1, 0.15) is 0 Å². The first-order chi connectivity index (χ1) is 12.0. The molecule has 1 aromatic rings. The SMILES string of the molecule is CCCN(CCC)C(=O)C1CC(=O)N(c2ccccc2C(=O)OC)C1. The predicted octanol–water partition coefficient (Wildman–Crippen LogP) is 2.47. The first-order valence-electron chi connectivity index (χ1n) is 8.79. The molecule has 0 aromatic heterocycles. The van der Waals surface area contributed by atoms with Crippen LogP contribution in [-0.2, 0) is 14.3 Å². The minimum atomic E-state index is -0.489. The van der Waals surface area contributed by atoms with Crippen LogP contribution in [0.5, 0.6) is 0 Å². The van der Waals surface area contributed by atoms with E-state index < -0.39 is 5.97 Å². The van der Waals surface area contributed by atoms with Crippen molar-refractivity contribution in [3.63, 3.8) is 0 Å². The van der Waals surface area contributed by atoms with Gasteiger partial charge in [0.05, 0.1) is 24.3 Å². The second kappa shape index (κ2) is 8.65. The van der Waals surface area contributed by atoms with Gasteiger partial charge in [-0.2, -0.15) is 0 Å². The molecule has 6 heteroatoms. The van der Waals surface area contributed by atoms with Crippen LogP contribution in [0.2, 0.25) is 0 Å². The quantitative estimate of drug-likeness (QED) is 0.712. The summed E-state index contributed by atoms with van der Waals surface area (Å²) in [5.74, 6) is -0.967. The fraction of sp³-hybridized carbons (Fsp3) is 0.526. The molecule has 0 saturated carbocycles. The fourth-order valence-corrected chi connectivity index (χ4v) is 3.23. The number of ether oxygens (including phenoxy) is 1. The molecular weight excluding hydrogens is 320 g/mol. The molecule has 0 spiro atoms. The topological polar surface area (TPSA) is 66.9 Å². The van der Waals surface area contributed by atoms with Crippen molar-refractivity contribution in [2.75, 3.05) is 31.6 Å². The summed E-state index contributed by atoms with van der Waals surface area (Å²) in [5, 5.41) is 0. The minimum Gasteiger partial charge on any atom is -0.465 e. The molecule has 1 aromatic carbocycles.